The van der Waals surface area contributed by atoms with E-state index in [-0.39, 0.29) is 17.2 Å². The van der Waals surface area contributed by atoms with Crippen molar-refractivity contribution in [2.75, 3.05) is 13.1 Å². The van der Waals surface area contributed by atoms with E-state index >= 15 is 0 Å². The molecule has 3 aromatic rings. The van der Waals surface area contributed by atoms with Crippen LogP contribution in [0.5, 0.6) is 0 Å². The van der Waals surface area contributed by atoms with Crippen LogP contribution in [0.4, 0.5) is 0 Å². The van der Waals surface area contributed by atoms with Gasteiger partial charge in [-0.1, -0.05) is 67.5 Å². The van der Waals surface area contributed by atoms with E-state index in [1.807, 2.05) is 10.8 Å². The maximum atomic E-state index is 12.3. The number of ether oxygens (including phenoxy) is 1. The van der Waals surface area contributed by atoms with Crippen molar-refractivity contribution >= 4 is 63.7 Å². The maximum Gasteiger partial charge on any atom is 0.284 e. The van der Waals surface area contributed by atoms with E-state index in [0.717, 1.165) is 60.8 Å². The largest absolute Gasteiger partial charge is 0.373 e. The molecule has 1 atom stereocenters. The van der Waals surface area contributed by atoms with Gasteiger partial charge in [0.2, 0.25) is 10.9 Å². The molecule has 234 valence electrons. The van der Waals surface area contributed by atoms with Crippen LogP contribution in [0.1, 0.15) is 77.7 Å². The lowest BCUT2D eigenvalue weighted by atomic mass is 9.86. The molecule has 44 heavy (non-hydrogen) atoms. The van der Waals surface area contributed by atoms with E-state index in [0.29, 0.717) is 50.8 Å². The summed E-state index contributed by atoms with van der Waals surface area (Å²) in [6.07, 6.45) is 8.86. The molecule has 9 nitrogen and oxygen atoms in total. The summed E-state index contributed by atoms with van der Waals surface area (Å²) in [6, 6.07) is 5.39. The number of thiol groups is 1. The number of halogens is 2. The summed E-state index contributed by atoms with van der Waals surface area (Å²) in [5.41, 5.74) is 3.42. The predicted molar refractivity (Wildman–Crippen MR) is 175 cm³/mol. The van der Waals surface area contributed by atoms with Crippen LogP contribution in [0.2, 0.25) is 10.0 Å². The Morgan fingerprint density at radius 2 is 1.98 bits per heavy atom. The molecule has 1 saturated heterocycles. The van der Waals surface area contributed by atoms with Crippen LogP contribution in [0, 0.1) is 5.41 Å². The lowest BCUT2D eigenvalue weighted by Gasteiger charge is -2.32. The maximum absolute atomic E-state index is 12.3. The zero-order valence-corrected chi connectivity index (χ0v) is 27.7. The van der Waals surface area contributed by atoms with Crippen LogP contribution in [-0.2, 0) is 22.2 Å². The molecule has 1 aliphatic heterocycles. The Kier molecular flexibility index (Phi) is 10.0. The molecule has 13 heteroatoms. The molecular weight excluding hydrogens is 643 g/mol. The third-order valence-electron chi connectivity index (χ3n) is 7.77. The number of carbonyl (C=O) groups is 1. The molecule has 5 rings (SSSR count). The van der Waals surface area contributed by atoms with Gasteiger partial charge in [0, 0.05) is 41.4 Å². The van der Waals surface area contributed by atoms with Gasteiger partial charge in [0.15, 0.2) is 5.69 Å². The number of carbonyl (C=O) groups excluding carboxylic acids is 1. The summed E-state index contributed by atoms with van der Waals surface area (Å²) in [6.45, 7) is 14.1. The quantitative estimate of drug-likeness (QED) is 0.163. The molecule has 3 heterocycles. The minimum absolute atomic E-state index is 0.0141. The Labute approximate surface area is 272 Å². The van der Waals surface area contributed by atoms with Gasteiger partial charge in [-0.05, 0) is 66.9 Å². The molecule has 2 aromatic heterocycles. The fourth-order valence-electron chi connectivity index (χ4n) is 5.62. The molecule has 2 fully saturated rings. The first-order valence-electron chi connectivity index (χ1n) is 14.2. The monoisotopic (exact) mass is 676 g/mol. The van der Waals surface area contributed by atoms with Crippen LogP contribution in [-0.4, -0.2) is 47.9 Å². The number of hydrogen-bond donors (Lipinski definition) is 2. The highest BCUT2D eigenvalue weighted by Gasteiger charge is 2.35. The minimum Gasteiger partial charge on any atom is -0.373 e. The Bertz CT molecular complexity index is 1660. The third kappa shape index (κ3) is 7.29. The van der Waals surface area contributed by atoms with Crippen molar-refractivity contribution in [2.45, 2.75) is 58.2 Å². The van der Waals surface area contributed by atoms with Crippen molar-refractivity contribution in [3.63, 3.8) is 0 Å². The van der Waals surface area contributed by atoms with Crippen molar-refractivity contribution in [1.29, 1.82) is 0 Å². The number of allylic oxidation sites excluding steroid dienone is 1. The molecular formula is C31H34Cl2N4O5S2. The smallest absolute Gasteiger partial charge is 0.284 e. The zero-order valence-electron chi connectivity index (χ0n) is 24.5. The van der Waals surface area contributed by atoms with Crippen molar-refractivity contribution in [2.24, 2.45) is 5.41 Å². The second-order valence-corrected chi connectivity index (χ2v) is 14.1. The van der Waals surface area contributed by atoms with Gasteiger partial charge in [-0.25, -0.2) is 13.1 Å². The summed E-state index contributed by atoms with van der Waals surface area (Å²) in [4.78, 5) is 15.3. The van der Waals surface area contributed by atoms with Gasteiger partial charge < -0.3 is 14.2 Å². The number of nitrogens with zero attached hydrogens (tertiary/aromatic N) is 3. The summed E-state index contributed by atoms with van der Waals surface area (Å²) < 4.78 is 40.5. The van der Waals surface area contributed by atoms with Crippen molar-refractivity contribution in [1.82, 2.24) is 19.2 Å². The summed E-state index contributed by atoms with van der Waals surface area (Å²) >= 11 is 14.2. The number of nitrogens with one attached hydrogen (secondary N) is 1. The average Bonchev–Trinajstić information content (AvgIpc) is 3.63. The number of rotatable bonds is 11. The molecule has 1 aliphatic carbocycles. The Morgan fingerprint density at radius 3 is 2.61 bits per heavy atom. The van der Waals surface area contributed by atoms with E-state index in [1.54, 1.807) is 24.3 Å². The van der Waals surface area contributed by atoms with Crippen LogP contribution in [0.15, 0.2) is 47.7 Å². The second-order valence-electron chi connectivity index (χ2n) is 11.7. The minimum atomic E-state index is -3.10. The normalized spacial score (nSPS) is 18.7. The number of hydrogen-bond acceptors (Lipinski definition) is 9. The van der Waals surface area contributed by atoms with Crippen LogP contribution >= 0.6 is 34.7 Å². The highest BCUT2D eigenvalue weighted by molar-refractivity contribution is 7.71. The van der Waals surface area contributed by atoms with E-state index in [9.17, 15) is 13.2 Å². The molecule has 2 aliphatic rings. The number of benzene rings is 1. The van der Waals surface area contributed by atoms with Gasteiger partial charge in [0.05, 0.1) is 27.6 Å². The fourth-order valence-corrected chi connectivity index (χ4v) is 7.29. The van der Waals surface area contributed by atoms with Crippen molar-refractivity contribution < 1.29 is 22.5 Å². The topological polar surface area (TPSA) is 115 Å². The lowest BCUT2D eigenvalue weighted by Crippen LogP contribution is -2.31. The highest BCUT2D eigenvalue weighted by atomic mass is 35.5. The summed E-state index contributed by atoms with van der Waals surface area (Å²) in [7, 11) is -3.10. The standard InChI is InChI=1S/C31H34Cl2N4O5S2/c1-5-19(14-25-21(6-2)28(35-43-25)30(38)36-44(39)40)37-13-12-20(15-31(3,4)17-37)41-16-22-27(34-42-29(22)18-10-11-18)26-23(32)8-7-9-24(26)33/h5-9,14,18,20,44H,1-2,10-13,15-17H2,3-4H3,(H,36,38,39,40)/b19-14+. The van der Waals surface area contributed by atoms with Crippen LogP contribution < -0.4 is 4.72 Å². The first-order chi connectivity index (χ1) is 21.0. The first kappa shape index (κ1) is 32.4. The molecule has 0 bridgehead atoms. The molecule has 0 spiro atoms. The van der Waals surface area contributed by atoms with Gasteiger partial charge >= 0.3 is 0 Å². The number of aromatic nitrogens is 2. The third-order valence-corrected chi connectivity index (χ3v) is 9.59. The first-order valence-corrected chi connectivity index (χ1v) is 16.9. The van der Waals surface area contributed by atoms with E-state index in [4.69, 9.17) is 32.5 Å². The van der Waals surface area contributed by atoms with Gasteiger partial charge in [-0.2, -0.15) is 4.37 Å². The summed E-state index contributed by atoms with van der Waals surface area (Å²) in [5.74, 6) is 0.389. The molecule has 1 N–H and O–H groups in total. The van der Waals surface area contributed by atoms with E-state index in [2.05, 4.69) is 41.4 Å². The van der Waals surface area contributed by atoms with Gasteiger partial charge in [0.25, 0.3) is 5.91 Å². The van der Waals surface area contributed by atoms with Gasteiger partial charge in [-0.3, -0.25) is 4.79 Å². The van der Waals surface area contributed by atoms with E-state index in [1.165, 1.54) is 6.08 Å². The van der Waals surface area contributed by atoms with Gasteiger partial charge in [-0.15, -0.1) is 0 Å². The van der Waals surface area contributed by atoms with Crippen molar-refractivity contribution in [3.8, 4) is 11.3 Å². The Balaban J connectivity index is 1.35. The highest BCUT2D eigenvalue weighted by Crippen LogP contribution is 2.46. The van der Waals surface area contributed by atoms with Gasteiger partial charge in [0.1, 0.15) is 11.5 Å². The molecule has 1 amide bonds. The summed E-state index contributed by atoms with van der Waals surface area (Å²) in [5, 5.41) is 5.42. The number of likely N-dealkylation sites (tertiary alicyclic amines) is 1. The average molecular weight is 678 g/mol. The Morgan fingerprint density at radius 1 is 1.25 bits per heavy atom. The fraction of sp³-hybridized carbons (Fsp3) is 0.387. The van der Waals surface area contributed by atoms with Crippen molar-refractivity contribution in [3.05, 3.63) is 80.6 Å². The van der Waals surface area contributed by atoms with Crippen LogP contribution in [0.25, 0.3) is 23.4 Å². The predicted octanol–water partition coefficient (Wildman–Crippen LogP) is 7.12. The lowest BCUT2D eigenvalue weighted by molar-refractivity contribution is 0.0150. The Hall–Kier alpha value is -2.96. The molecule has 1 unspecified atom stereocenters. The van der Waals surface area contributed by atoms with Crippen LogP contribution in [0.3, 0.4) is 0 Å². The number of amides is 1. The molecule has 1 aromatic carbocycles. The second kappa shape index (κ2) is 13.6. The zero-order chi connectivity index (χ0) is 31.6. The molecule has 1 saturated carbocycles. The van der Waals surface area contributed by atoms with E-state index < -0.39 is 16.8 Å². The molecule has 0 radical (unpaired) electrons. The SMILES string of the molecule is C=C/C(=C\c1snc(C(=O)N[SH](=O)=O)c1C=C)N1CCC(OCc2c(-c3c(Cl)cccc3Cl)noc2C2CC2)CC(C)(C)C1.